The van der Waals surface area contributed by atoms with Gasteiger partial charge in [-0.2, -0.15) is 0 Å². The number of rotatable bonds is 4. The van der Waals surface area contributed by atoms with Crippen LogP contribution in [0.1, 0.15) is 53.4 Å². The molecule has 0 bridgehead atoms. The predicted octanol–water partition coefficient (Wildman–Crippen LogP) is 2.34. The SMILES string of the molecule is CC(O)CCNC(=O)C1CC(C)CC(C)(C)C1. The fourth-order valence-corrected chi connectivity index (χ4v) is 3.09. The van der Waals surface area contributed by atoms with Gasteiger partial charge in [-0.3, -0.25) is 4.79 Å². The molecule has 1 aliphatic rings. The zero-order valence-electron chi connectivity index (χ0n) is 11.6. The maximum Gasteiger partial charge on any atom is 0.223 e. The second-order valence-electron chi connectivity index (χ2n) is 6.54. The lowest BCUT2D eigenvalue weighted by atomic mass is 9.68. The molecular formula is C14H27NO2. The number of nitrogens with one attached hydrogen (secondary N) is 1. The van der Waals surface area contributed by atoms with E-state index < -0.39 is 0 Å². The first-order chi connectivity index (χ1) is 7.80. The Labute approximate surface area is 105 Å². The van der Waals surface area contributed by atoms with Gasteiger partial charge in [-0.15, -0.1) is 0 Å². The van der Waals surface area contributed by atoms with Gasteiger partial charge in [0.2, 0.25) is 5.91 Å². The van der Waals surface area contributed by atoms with Crippen molar-refractivity contribution in [3.63, 3.8) is 0 Å². The third kappa shape index (κ3) is 5.07. The number of carbonyl (C=O) groups excluding carboxylic acids is 1. The van der Waals surface area contributed by atoms with Crippen molar-refractivity contribution < 1.29 is 9.90 Å². The van der Waals surface area contributed by atoms with Crippen LogP contribution in [0.3, 0.4) is 0 Å². The molecule has 3 heteroatoms. The molecule has 0 radical (unpaired) electrons. The maximum absolute atomic E-state index is 12.0. The minimum Gasteiger partial charge on any atom is -0.393 e. The van der Waals surface area contributed by atoms with Gasteiger partial charge in [0.05, 0.1) is 6.10 Å². The van der Waals surface area contributed by atoms with Gasteiger partial charge >= 0.3 is 0 Å². The maximum atomic E-state index is 12.0. The molecule has 0 spiro atoms. The van der Waals surface area contributed by atoms with Crippen LogP contribution in [0.2, 0.25) is 0 Å². The van der Waals surface area contributed by atoms with Crippen molar-refractivity contribution in [2.45, 2.75) is 59.5 Å². The Morgan fingerprint density at radius 3 is 2.65 bits per heavy atom. The summed E-state index contributed by atoms with van der Waals surface area (Å²) in [6, 6.07) is 0. The van der Waals surface area contributed by atoms with E-state index >= 15 is 0 Å². The molecule has 0 aromatic rings. The van der Waals surface area contributed by atoms with Crippen LogP contribution >= 0.6 is 0 Å². The lowest BCUT2D eigenvalue weighted by Gasteiger charge is -2.38. The average Bonchev–Trinajstić information content (AvgIpc) is 2.13. The second kappa shape index (κ2) is 5.85. The van der Waals surface area contributed by atoms with Gasteiger partial charge in [-0.05, 0) is 43.9 Å². The molecule has 3 atom stereocenters. The Morgan fingerprint density at radius 1 is 1.47 bits per heavy atom. The zero-order chi connectivity index (χ0) is 13.1. The first-order valence-corrected chi connectivity index (χ1v) is 6.76. The predicted molar refractivity (Wildman–Crippen MR) is 69.6 cm³/mol. The van der Waals surface area contributed by atoms with Crippen molar-refractivity contribution in [2.75, 3.05) is 6.54 Å². The van der Waals surface area contributed by atoms with Crippen molar-refractivity contribution in [1.29, 1.82) is 0 Å². The summed E-state index contributed by atoms with van der Waals surface area (Å²) in [4.78, 5) is 12.0. The van der Waals surface area contributed by atoms with Crippen LogP contribution in [0.15, 0.2) is 0 Å². The minimum atomic E-state index is -0.336. The van der Waals surface area contributed by atoms with Crippen LogP contribution in [0.25, 0.3) is 0 Å². The molecule has 1 aliphatic carbocycles. The number of aliphatic hydroxyl groups excluding tert-OH is 1. The van der Waals surface area contributed by atoms with E-state index in [-0.39, 0.29) is 23.3 Å². The summed E-state index contributed by atoms with van der Waals surface area (Å²) >= 11 is 0. The fraction of sp³-hybridized carbons (Fsp3) is 0.929. The average molecular weight is 241 g/mol. The Bertz CT molecular complexity index is 261. The standard InChI is InChI=1S/C14H27NO2/c1-10-7-12(9-14(3,4)8-10)13(17)15-6-5-11(2)16/h10-12,16H,5-9H2,1-4H3,(H,15,17). The highest BCUT2D eigenvalue weighted by atomic mass is 16.3. The van der Waals surface area contributed by atoms with Crippen molar-refractivity contribution in [3.8, 4) is 0 Å². The molecule has 0 aromatic carbocycles. The lowest BCUT2D eigenvalue weighted by Crippen LogP contribution is -2.39. The summed E-state index contributed by atoms with van der Waals surface area (Å²) < 4.78 is 0. The fourth-order valence-electron chi connectivity index (χ4n) is 3.09. The van der Waals surface area contributed by atoms with Crippen molar-refractivity contribution in [3.05, 3.63) is 0 Å². The molecule has 0 heterocycles. The van der Waals surface area contributed by atoms with Crippen molar-refractivity contribution >= 4 is 5.91 Å². The first-order valence-electron chi connectivity index (χ1n) is 6.76. The smallest absolute Gasteiger partial charge is 0.223 e. The van der Waals surface area contributed by atoms with Crippen molar-refractivity contribution in [2.24, 2.45) is 17.3 Å². The summed E-state index contributed by atoms with van der Waals surface area (Å²) in [7, 11) is 0. The second-order valence-corrected chi connectivity index (χ2v) is 6.54. The quantitative estimate of drug-likeness (QED) is 0.793. The highest BCUT2D eigenvalue weighted by Crippen LogP contribution is 2.41. The van der Waals surface area contributed by atoms with Gasteiger partial charge in [0.1, 0.15) is 0 Å². The number of hydrogen-bond donors (Lipinski definition) is 2. The van der Waals surface area contributed by atoms with Gasteiger partial charge in [-0.25, -0.2) is 0 Å². The molecule has 2 N–H and O–H groups in total. The van der Waals surface area contributed by atoms with Crippen LogP contribution in [0.4, 0.5) is 0 Å². The van der Waals surface area contributed by atoms with E-state index in [1.165, 1.54) is 6.42 Å². The summed E-state index contributed by atoms with van der Waals surface area (Å²) in [6.45, 7) is 9.06. The number of amides is 1. The van der Waals surface area contributed by atoms with Crippen LogP contribution in [0, 0.1) is 17.3 Å². The third-order valence-corrected chi connectivity index (χ3v) is 3.62. The molecule has 1 saturated carbocycles. The molecule has 0 saturated heterocycles. The summed E-state index contributed by atoms with van der Waals surface area (Å²) in [5.74, 6) is 0.958. The monoisotopic (exact) mass is 241 g/mol. The molecule has 100 valence electrons. The Hall–Kier alpha value is -0.570. The minimum absolute atomic E-state index is 0.155. The summed E-state index contributed by atoms with van der Waals surface area (Å²) in [6.07, 6.45) is 3.50. The highest BCUT2D eigenvalue weighted by Gasteiger charge is 2.35. The van der Waals surface area contributed by atoms with E-state index in [9.17, 15) is 4.79 Å². The molecule has 1 fully saturated rings. The Kier molecular flexibility index (Phi) is 4.99. The van der Waals surface area contributed by atoms with E-state index in [4.69, 9.17) is 5.11 Å². The molecule has 1 rings (SSSR count). The van der Waals surface area contributed by atoms with E-state index in [2.05, 4.69) is 26.1 Å². The van der Waals surface area contributed by atoms with Gasteiger partial charge in [0, 0.05) is 12.5 Å². The first kappa shape index (κ1) is 14.5. The van der Waals surface area contributed by atoms with E-state index in [0.29, 0.717) is 18.9 Å². The van der Waals surface area contributed by atoms with E-state index in [0.717, 1.165) is 12.8 Å². The molecule has 3 unspecified atom stereocenters. The Balaban J connectivity index is 2.40. The molecule has 0 aromatic heterocycles. The Morgan fingerprint density at radius 2 is 2.12 bits per heavy atom. The van der Waals surface area contributed by atoms with Crippen LogP contribution in [0.5, 0.6) is 0 Å². The van der Waals surface area contributed by atoms with Crippen LogP contribution in [-0.2, 0) is 4.79 Å². The zero-order valence-corrected chi connectivity index (χ0v) is 11.6. The third-order valence-electron chi connectivity index (χ3n) is 3.62. The number of carbonyl (C=O) groups is 1. The molecule has 17 heavy (non-hydrogen) atoms. The lowest BCUT2D eigenvalue weighted by molar-refractivity contribution is -0.128. The van der Waals surface area contributed by atoms with Gasteiger partial charge in [-0.1, -0.05) is 20.8 Å². The number of aliphatic hydroxyl groups is 1. The van der Waals surface area contributed by atoms with Gasteiger partial charge < -0.3 is 10.4 Å². The molecule has 0 aliphatic heterocycles. The van der Waals surface area contributed by atoms with Crippen LogP contribution < -0.4 is 5.32 Å². The highest BCUT2D eigenvalue weighted by molar-refractivity contribution is 5.78. The van der Waals surface area contributed by atoms with Crippen molar-refractivity contribution in [1.82, 2.24) is 5.32 Å². The van der Waals surface area contributed by atoms with Gasteiger partial charge in [0.25, 0.3) is 0 Å². The largest absolute Gasteiger partial charge is 0.393 e. The van der Waals surface area contributed by atoms with E-state index in [1.54, 1.807) is 6.92 Å². The van der Waals surface area contributed by atoms with Crippen LogP contribution in [-0.4, -0.2) is 23.7 Å². The molecule has 3 nitrogen and oxygen atoms in total. The van der Waals surface area contributed by atoms with E-state index in [1.807, 2.05) is 0 Å². The topological polar surface area (TPSA) is 49.3 Å². The molecular weight excluding hydrogens is 214 g/mol. The normalized spacial score (nSPS) is 29.7. The van der Waals surface area contributed by atoms with Gasteiger partial charge in [0.15, 0.2) is 0 Å². The summed E-state index contributed by atoms with van der Waals surface area (Å²) in [5, 5.41) is 12.1. The molecule has 1 amide bonds. The number of hydrogen-bond acceptors (Lipinski definition) is 2. The summed E-state index contributed by atoms with van der Waals surface area (Å²) in [5.41, 5.74) is 0.282.